The van der Waals surface area contributed by atoms with E-state index in [4.69, 9.17) is 9.47 Å². The molecule has 2 amide bonds. The van der Waals surface area contributed by atoms with Gasteiger partial charge in [0.15, 0.2) is 0 Å². The molecule has 0 saturated carbocycles. The van der Waals surface area contributed by atoms with Gasteiger partial charge in [-0.2, -0.15) is 0 Å². The molecule has 180 valence electrons. The molecule has 0 saturated heterocycles. The van der Waals surface area contributed by atoms with Crippen molar-refractivity contribution < 1.29 is 19.1 Å². The molecular weight excluding hydrogens is 444 g/mol. The van der Waals surface area contributed by atoms with Crippen LogP contribution in [0, 0.1) is 6.92 Å². The maximum atomic E-state index is 12.9. The van der Waals surface area contributed by atoms with Crippen LogP contribution in [0.2, 0.25) is 0 Å². The number of hydrogen-bond donors (Lipinski definition) is 2. The van der Waals surface area contributed by atoms with Crippen molar-refractivity contribution in [1.82, 2.24) is 9.38 Å². The molecule has 35 heavy (non-hydrogen) atoms. The highest BCUT2D eigenvalue weighted by molar-refractivity contribution is 6.05. The van der Waals surface area contributed by atoms with E-state index in [0.717, 1.165) is 11.2 Å². The van der Waals surface area contributed by atoms with E-state index in [1.807, 2.05) is 55.8 Å². The Kier molecular flexibility index (Phi) is 7.30. The Morgan fingerprint density at radius 2 is 1.57 bits per heavy atom. The summed E-state index contributed by atoms with van der Waals surface area (Å²) in [5.41, 5.74) is 3.95. The minimum Gasteiger partial charge on any atom is -0.492 e. The van der Waals surface area contributed by atoms with E-state index in [0.29, 0.717) is 47.3 Å². The molecule has 4 rings (SSSR count). The van der Waals surface area contributed by atoms with Crippen LogP contribution in [0.5, 0.6) is 11.5 Å². The van der Waals surface area contributed by atoms with Crippen LogP contribution in [-0.2, 0) is 11.2 Å². The number of fused-ring (bicyclic) bond motifs is 1. The first-order chi connectivity index (χ1) is 17.0. The lowest BCUT2D eigenvalue weighted by molar-refractivity contribution is -0.115. The number of hydrogen-bond acceptors (Lipinski definition) is 5. The SMILES string of the molecule is CCOc1cc(NC(=O)c2ccccc2)c(OCC)cc1NC(=O)Cc1cn2cccc(C)c2n1. The Labute approximate surface area is 203 Å². The van der Waals surface area contributed by atoms with E-state index in [1.54, 1.807) is 36.4 Å². The molecule has 0 radical (unpaired) electrons. The molecule has 0 aliphatic rings. The first-order valence-electron chi connectivity index (χ1n) is 11.5. The average molecular weight is 473 g/mol. The smallest absolute Gasteiger partial charge is 0.255 e. The number of carbonyl (C=O) groups is 2. The van der Waals surface area contributed by atoms with Gasteiger partial charge in [-0.15, -0.1) is 0 Å². The number of aryl methyl sites for hydroxylation is 1. The zero-order valence-corrected chi connectivity index (χ0v) is 20.0. The van der Waals surface area contributed by atoms with Crippen molar-refractivity contribution in [1.29, 1.82) is 0 Å². The van der Waals surface area contributed by atoms with Gasteiger partial charge in [-0.25, -0.2) is 4.98 Å². The van der Waals surface area contributed by atoms with Crippen LogP contribution in [-0.4, -0.2) is 34.4 Å². The molecule has 2 aromatic heterocycles. The Hall–Kier alpha value is -4.33. The molecule has 8 heteroatoms. The van der Waals surface area contributed by atoms with E-state index in [-0.39, 0.29) is 18.2 Å². The monoisotopic (exact) mass is 472 g/mol. The first-order valence-corrected chi connectivity index (χ1v) is 11.5. The molecule has 2 heterocycles. The highest BCUT2D eigenvalue weighted by Gasteiger charge is 2.18. The third kappa shape index (κ3) is 5.60. The molecule has 0 bridgehead atoms. The number of ether oxygens (including phenoxy) is 2. The van der Waals surface area contributed by atoms with E-state index >= 15 is 0 Å². The summed E-state index contributed by atoms with van der Waals surface area (Å²) < 4.78 is 13.4. The minimum absolute atomic E-state index is 0.100. The van der Waals surface area contributed by atoms with Gasteiger partial charge in [-0.3, -0.25) is 9.59 Å². The second-order valence-electron chi connectivity index (χ2n) is 7.91. The number of pyridine rings is 1. The molecule has 0 aliphatic heterocycles. The maximum absolute atomic E-state index is 12.9. The zero-order valence-electron chi connectivity index (χ0n) is 20.0. The van der Waals surface area contributed by atoms with Crippen molar-refractivity contribution in [2.75, 3.05) is 23.8 Å². The number of nitrogens with zero attached hydrogens (tertiary/aromatic N) is 2. The molecule has 2 aromatic carbocycles. The number of carbonyl (C=O) groups excluding carboxylic acids is 2. The Balaban J connectivity index is 1.57. The van der Waals surface area contributed by atoms with Crippen molar-refractivity contribution in [3.8, 4) is 11.5 Å². The highest BCUT2D eigenvalue weighted by atomic mass is 16.5. The average Bonchev–Trinajstić information content (AvgIpc) is 3.26. The Bertz CT molecular complexity index is 1350. The zero-order chi connectivity index (χ0) is 24.8. The second kappa shape index (κ2) is 10.7. The molecular formula is C27H28N4O4. The third-order valence-electron chi connectivity index (χ3n) is 5.31. The van der Waals surface area contributed by atoms with Gasteiger partial charge in [0.2, 0.25) is 5.91 Å². The fourth-order valence-electron chi connectivity index (χ4n) is 3.74. The second-order valence-corrected chi connectivity index (χ2v) is 7.91. The molecule has 0 atom stereocenters. The Morgan fingerprint density at radius 1 is 0.914 bits per heavy atom. The number of nitrogens with one attached hydrogen (secondary N) is 2. The maximum Gasteiger partial charge on any atom is 0.255 e. The summed E-state index contributed by atoms with van der Waals surface area (Å²) in [5.74, 6) is 0.348. The van der Waals surface area contributed by atoms with E-state index in [1.165, 1.54) is 0 Å². The first kappa shape index (κ1) is 23.8. The molecule has 0 fully saturated rings. The van der Waals surface area contributed by atoms with E-state index < -0.39 is 0 Å². The molecule has 0 unspecified atom stereocenters. The van der Waals surface area contributed by atoms with Gasteiger partial charge in [-0.1, -0.05) is 24.3 Å². The standard InChI is InChI=1S/C27H28N4O4/c1-4-34-23-16-22(30-27(33)19-11-7-6-8-12-19)24(35-5-2)15-21(23)29-25(32)14-20-17-31-13-9-10-18(3)26(31)28-20/h6-13,15-17H,4-5,14H2,1-3H3,(H,29,32)(H,30,33). The van der Waals surface area contributed by atoms with Gasteiger partial charge in [0.1, 0.15) is 17.1 Å². The fraction of sp³-hybridized carbons (Fsp3) is 0.222. The third-order valence-corrected chi connectivity index (χ3v) is 5.31. The fourth-order valence-corrected chi connectivity index (χ4v) is 3.74. The summed E-state index contributed by atoms with van der Waals surface area (Å²) in [5, 5.41) is 5.79. The van der Waals surface area contributed by atoms with E-state index in [9.17, 15) is 9.59 Å². The van der Waals surface area contributed by atoms with Crippen LogP contribution in [0.15, 0.2) is 67.0 Å². The number of aromatic nitrogens is 2. The van der Waals surface area contributed by atoms with Crippen LogP contribution < -0.4 is 20.1 Å². The largest absolute Gasteiger partial charge is 0.492 e. The minimum atomic E-state index is -0.270. The van der Waals surface area contributed by atoms with Crippen molar-refractivity contribution in [3.05, 3.63) is 83.8 Å². The van der Waals surface area contributed by atoms with Crippen LogP contribution >= 0.6 is 0 Å². The van der Waals surface area contributed by atoms with Crippen molar-refractivity contribution >= 4 is 28.8 Å². The lowest BCUT2D eigenvalue weighted by Crippen LogP contribution is -2.17. The summed E-state index contributed by atoms with van der Waals surface area (Å²) in [4.78, 5) is 30.2. The molecule has 2 N–H and O–H groups in total. The van der Waals surface area contributed by atoms with Gasteiger partial charge < -0.3 is 24.5 Å². The summed E-state index contributed by atoms with van der Waals surface area (Å²) in [6.07, 6.45) is 3.85. The van der Waals surface area contributed by atoms with Crippen molar-refractivity contribution in [2.45, 2.75) is 27.2 Å². The molecule has 4 aromatic rings. The van der Waals surface area contributed by atoms with Crippen LogP contribution in [0.4, 0.5) is 11.4 Å². The highest BCUT2D eigenvalue weighted by Crippen LogP contribution is 2.37. The van der Waals surface area contributed by atoms with Gasteiger partial charge >= 0.3 is 0 Å². The van der Waals surface area contributed by atoms with Crippen LogP contribution in [0.25, 0.3) is 5.65 Å². The van der Waals surface area contributed by atoms with Gasteiger partial charge in [0.05, 0.1) is 36.7 Å². The summed E-state index contributed by atoms with van der Waals surface area (Å²) in [6.45, 7) is 6.45. The number of amides is 2. The quantitative estimate of drug-likeness (QED) is 0.362. The summed E-state index contributed by atoms with van der Waals surface area (Å²) >= 11 is 0. The number of benzene rings is 2. The number of anilines is 2. The predicted molar refractivity (Wildman–Crippen MR) is 135 cm³/mol. The molecule has 0 aliphatic carbocycles. The predicted octanol–water partition coefficient (Wildman–Crippen LogP) is 4.87. The normalized spacial score (nSPS) is 10.7. The van der Waals surface area contributed by atoms with Gasteiger partial charge in [0.25, 0.3) is 5.91 Å². The summed E-state index contributed by atoms with van der Waals surface area (Å²) in [6, 6.07) is 16.2. The number of imidazole rings is 1. The topological polar surface area (TPSA) is 94.0 Å². The van der Waals surface area contributed by atoms with Crippen LogP contribution in [0.1, 0.15) is 35.5 Å². The van der Waals surface area contributed by atoms with Gasteiger partial charge in [-0.05, 0) is 44.5 Å². The Morgan fingerprint density at radius 3 is 2.20 bits per heavy atom. The van der Waals surface area contributed by atoms with Crippen LogP contribution in [0.3, 0.4) is 0 Å². The molecule has 8 nitrogen and oxygen atoms in total. The lowest BCUT2D eigenvalue weighted by atomic mass is 10.2. The lowest BCUT2D eigenvalue weighted by Gasteiger charge is -2.17. The van der Waals surface area contributed by atoms with E-state index in [2.05, 4.69) is 15.6 Å². The van der Waals surface area contributed by atoms with Crippen molar-refractivity contribution in [3.63, 3.8) is 0 Å². The number of rotatable bonds is 9. The summed E-state index contributed by atoms with van der Waals surface area (Å²) in [7, 11) is 0. The van der Waals surface area contributed by atoms with Gasteiger partial charge in [0, 0.05) is 30.1 Å². The molecule has 0 spiro atoms. The van der Waals surface area contributed by atoms with Crippen molar-refractivity contribution in [2.24, 2.45) is 0 Å².